The molecule has 1 heterocycles. The summed E-state index contributed by atoms with van der Waals surface area (Å²) in [6, 6.07) is 10.8. The van der Waals surface area contributed by atoms with E-state index < -0.39 is 0 Å². The number of nitrogens with one attached hydrogen (secondary N) is 1. The van der Waals surface area contributed by atoms with E-state index in [4.69, 9.17) is 16.3 Å². The Morgan fingerprint density at radius 3 is 2.57 bits per heavy atom. The van der Waals surface area contributed by atoms with Gasteiger partial charge in [-0.15, -0.1) is 0 Å². The number of anilines is 2. The van der Waals surface area contributed by atoms with Gasteiger partial charge in [-0.25, -0.2) is 4.98 Å². The average molecular weight is 392 g/mol. The zero-order chi connectivity index (χ0) is 15.4. The second kappa shape index (κ2) is 6.24. The molecule has 8 heteroatoms. The highest BCUT2D eigenvalue weighted by molar-refractivity contribution is 14.1. The Labute approximate surface area is 134 Å². The first-order valence-corrected chi connectivity index (χ1v) is 6.84. The molecule has 2 rings (SSSR count). The molecule has 0 atom stereocenters. The normalized spacial score (nSPS) is 9.67. The molecule has 0 fully saturated rings. The molecule has 104 valence electrons. The molecule has 0 unspecified atom stereocenters. The number of aromatic nitrogens is 2. The molecule has 2 aromatic rings. The van der Waals surface area contributed by atoms with Crippen molar-refractivity contribution in [1.82, 2.24) is 9.55 Å². The Hall–Kier alpha value is -2.59. The highest BCUT2D eigenvalue weighted by atomic mass is 127. The summed E-state index contributed by atoms with van der Waals surface area (Å²) in [5.74, 6) is -0.401. The molecule has 0 saturated heterocycles. The fraction of sp³-hybridized carbons (Fsp3) is 0.0769. The maximum atomic E-state index is 12.0. The summed E-state index contributed by atoms with van der Waals surface area (Å²) in [6.45, 7) is -0.185. The third-order valence-electron chi connectivity index (χ3n) is 2.64. The molecule has 0 aliphatic carbocycles. The van der Waals surface area contributed by atoms with Gasteiger partial charge >= 0.3 is 0 Å². The lowest BCUT2D eigenvalue weighted by Crippen LogP contribution is -2.20. The molecule has 1 aromatic carbocycles. The summed E-state index contributed by atoms with van der Waals surface area (Å²) in [4.78, 5) is 15.7. The predicted octanol–water partition coefficient (Wildman–Crippen LogP) is 1.45. The number of rotatable bonds is 3. The maximum absolute atomic E-state index is 12.0. The third kappa shape index (κ3) is 3.30. The number of hydrogen-bond acceptors (Lipinski definition) is 5. The largest absolute Gasteiger partial charge is 0.369 e. The zero-order valence-corrected chi connectivity index (χ0v) is 12.8. The van der Waals surface area contributed by atoms with Crippen molar-refractivity contribution in [1.29, 1.82) is 10.5 Å². The average Bonchev–Trinajstić information content (AvgIpc) is 2.77. The minimum Gasteiger partial charge on any atom is -0.369 e. The van der Waals surface area contributed by atoms with Crippen molar-refractivity contribution >= 4 is 40.1 Å². The fourth-order valence-corrected chi connectivity index (χ4v) is 2.06. The molecule has 0 saturated carbocycles. The quantitative estimate of drug-likeness (QED) is 0.767. The van der Waals surface area contributed by atoms with Gasteiger partial charge in [-0.3, -0.25) is 9.36 Å². The molecule has 7 nitrogen and oxygen atoms in total. The molecular weight excluding hydrogens is 383 g/mol. The van der Waals surface area contributed by atoms with Crippen LogP contribution in [0, 0.1) is 26.2 Å². The van der Waals surface area contributed by atoms with Gasteiger partial charge in [0.1, 0.15) is 18.7 Å². The predicted molar refractivity (Wildman–Crippen MR) is 83.9 cm³/mol. The van der Waals surface area contributed by atoms with E-state index >= 15 is 0 Å². The molecular formula is C13H9IN6O. The molecule has 1 amide bonds. The van der Waals surface area contributed by atoms with Crippen molar-refractivity contribution in [2.24, 2.45) is 0 Å². The molecule has 1 aromatic heterocycles. The second-order valence-corrected chi connectivity index (χ2v) is 5.28. The first-order chi connectivity index (χ1) is 10.0. The summed E-state index contributed by atoms with van der Waals surface area (Å²) in [5.41, 5.74) is 6.15. The van der Waals surface area contributed by atoms with E-state index in [1.807, 2.05) is 18.2 Å². The van der Waals surface area contributed by atoms with Gasteiger partial charge in [0, 0.05) is 9.26 Å². The van der Waals surface area contributed by atoms with E-state index in [1.165, 1.54) is 4.57 Å². The van der Waals surface area contributed by atoms with Gasteiger partial charge in [0.15, 0.2) is 11.4 Å². The van der Waals surface area contributed by atoms with E-state index in [9.17, 15) is 4.79 Å². The number of halogens is 1. The van der Waals surface area contributed by atoms with E-state index in [0.29, 0.717) is 5.69 Å². The van der Waals surface area contributed by atoms with Gasteiger partial charge < -0.3 is 11.1 Å². The lowest BCUT2D eigenvalue weighted by atomic mass is 10.3. The number of nitrogens with zero attached hydrogens (tertiary/aromatic N) is 4. The SMILES string of the molecule is N#Cc1nc(N)n(CC(=O)Nc2ccc(I)cc2)c1C#N. The number of hydrogen-bond donors (Lipinski definition) is 2. The number of carbonyl (C=O) groups is 1. The molecule has 0 aliphatic rings. The van der Waals surface area contributed by atoms with Gasteiger partial charge in [0.05, 0.1) is 0 Å². The Morgan fingerprint density at radius 2 is 2.00 bits per heavy atom. The van der Waals surface area contributed by atoms with E-state index in [1.54, 1.807) is 18.2 Å². The van der Waals surface area contributed by atoms with Crippen LogP contribution in [0.5, 0.6) is 0 Å². The standard InChI is InChI=1S/C13H9IN6O/c14-8-1-3-9(4-2-8)18-12(21)7-20-11(6-16)10(5-15)19-13(20)17/h1-4H,7H2,(H2,17,19)(H,18,21). The first kappa shape index (κ1) is 14.8. The monoisotopic (exact) mass is 392 g/mol. The number of imidazole rings is 1. The van der Waals surface area contributed by atoms with Crippen LogP contribution in [-0.4, -0.2) is 15.5 Å². The Kier molecular flexibility index (Phi) is 4.40. The number of carbonyl (C=O) groups excluding carboxylic acids is 1. The minimum absolute atomic E-state index is 0.0206. The molecule has 3 N–H and O–H groups in total. The van der Waals surface area contributed by atoms with E-state index in [0.717, 1.165) is 3.57 Å². The summed E-state index contributed by atoms with van der Waals surface area (Å²) in [5, 5.41) is 20.6. The van der Waals surface area contributed by atoms with Crippen LogP contribution < -0.4 is 11.1 Å². The minimum atomic E-state index is -0.360. The topological polar surface area (TPSA) is 121 Å². The van der Waals surface area contributed by atoms with Crippen molar-refractivity contribution < 1.29 is 4.79 Å². The van der Waals surface area contributed by atoms with Crippen molar-refractivity contribution in [2.45, 2.75) is 6.54 Å². The molecule has 0 spiro atoms. The van der Waals surface area contributed by atoms with Crippen LogP contribution in [0.15, 0.2) is 24.3 Å². The summed E-state index contributed by atoms with van der Waals surface area (Å²) < 4.78 is 2.26. The fourth-order valence-electron chi connectivity index (χ4n) is 1.70. The summed E-state index contributed by atoms with van der Waals surface area (Å²) >= 11 is 2.16. The van der Waals surface area contributed by atoms with Crippen LogP contribution in [0.3, 0.4) is 0 Å². The number of nitrogen functional groups attached to an aromatic ring is 1. The summed E-state index contributed by atoms with van der Waals surface area (Å²) in [7, 11) is 0. The number of nitrogens with two attached hydrogens (primary N) is 1. The van der Waals surface area contributed by atoms with Gasteiger partial charge in [-0.2, -0.15) is 10.5 Å². The van der Waals surface area contributed by atoms with Crippen LogP contribution in [-0.2, 0) is 11.3 Å². The van der Waals surface area contributed by atoms with Gasteiger partial charge in [-0.05, 0) is 46.9 Å². The van der Waals surface area contributed by atoms with Crippen LogP contribution in [0.25, 0.3) is 0 Å². The maximum Gasteiger partial charge on any atom is 0.244 e. The number of benzene rings is 1. The third-order valence-corrected chi connectivity index (χ3v) is 3.36. The smallest absolute Gasteiger partial charge is 0.244 e. The van der Waals surface area contributed by atoms with Crippen molar-refractivity contribution in [3.8, 4) is 12.1 Å². The Bertz CT molecular complexity index is 766. The Balaban J connectivity index is 2.17. The highest BCUT2D eigenvalue weighted by Crippen LogP contribution is 2.14. The lowest BCUT2D eigenvalue weighted by Gasteiger charge is -2.07. The second-order valence-electron chi connectivity index (χ2n) is 4.03. The van der Waals surface area contributed by atoms with E-state index in [2.05, 4.69) is 32.9 Å². The van der Waals surface area contributed by atoms with Crippen LogP contribution in [0.1, 0.15) is 11.4 Å². The highest BCUT2D eigenvalue weighted by Gasteiger charge is 2.17. The van der Waals surface area contributed by atoms with E-state index in [-0.39, 0.29) is 29.8 Å². The zero-order valence-electron chi connectivity index (χ0n) is 10.7. The number of amides is 1. The van der Waals surface area contributed by atoms with Crippen LogP contribution in [0.4, 0.5) is 11.6 Å². The Morgan fingerprint density at radius 1 is 1.33 bits per heavy atom. The van der Waals surface area contributed by atoms with Gasteiger partial charge in [0.25, 0.3) is 0 Å². The van der Waals surface area contributed by atoms with Crippen molar-refractivity contribution in [3.63, 3.8) is 0 Å². The van der Waals surface area contributed by atoms with Gasteiger partial charge in [-0.1, -0.05) is 0 Å². The van der Waals surface area contributed by atoms with Crippen LogP contribution >= 0.6 is 22.6 Å². The lowest BCUT2D eigenvalue weighted by molar-refractivity contribution is -0.116. The van der Waals surface area contributed by atoms with Crippen LogP contribution in [0.2, 0.25) is 0 Å². The molecule has 0 aliphatic heterocycles. The number of nitriles is 2. The first-order valence-electron chi connectivity index (χ1n) is 5.76. The summed E-state index contributed by atoms with van der Waals surface area (Å²) in [6.07, 6.45) is 0. The molecule has 21 heavy (non-hydrogen) atoms. The molecule has 0 bridgehead atoms. The van der Waals surface area contributed by atoms with Crippen molar-refractivity contribution in [3.05, 3.63) is 39.2 Å². The van der Waals surface area contributed by atoms with Crippen molar-refractivity contribution in [2.75, 3.05) is 11.1 Å². The molecule has 0 radical (unpaired) electrons. The van der Waals surface area contributed by atoms with Gasteiger partial charge in [0.2, 0.25) is 11.9 Å².